The summed E-state index contributed by atoms with van der Waals surface area (Å²) < 4.78 is 26.5. The van der Waals surface area contributed by atoms with Gasteiger partial charge in [0.05, 0.1) is 22.2 Å². The second-order valence-electron chi connectivity index (χ2n) is 3.91. The highest BCUT2D eigenvalue weighted by molar-refractivity contribution is 7.89. The molecule has 0 fully saturated rings. The summed E-state index contributed by atoms with van der Waals surface area (Å²) in [5.41, 5.74) is 0.129. The molecule has 9 heteroatoms. The van der Waals surface area contributed by atoms with Crippen molar-refractivity contribution in [2.75, 3.05) is 0 Å². The van der Waals surface area contributed by atoms with Crippen molar-refractivity contribution in [3.8, 4) is 0 Å². The van der Waals surface area contributed by atoms with Gasteiger partial charge in [0.25, 0.3) is 5.69 Å². The molecule has 2 aromatic rings. The number of rotatable bonds is 5. The Kier molecular flexibility index (Phi) is 4.12. The molecule has 0 aliphatic heterocycles. The van der Waals surface area contributed by atoms with Gasteiger partial charge in [-0.25, -0.2) is 18.1 Å². The molecular weight excluding hydrogens is 302 g/mol. The first kappa shape index (κ1) is 14.6. The minimum atomic E-state index is -3.95. The lowest BCUT2D eigenvalue weighted by atomic mass is 10.3. The van der Waals surface area contributed by atoms with E-state index in [1.807, 2.05) is 6.92 Å². The molecule has 106 valence electrons. The molecule has 0 spiro atoms. The van der Waals surface area contributed by atoms with E-state index >= 15 is 0 Å². The van der Waals surface area contributed by atoms with Gasteiger partial charge in [-0.15, -0.1) is 11.3 Å². The highest BCUT2D eigenvalue weighted by Crippen LogP contribution is 2.22. The zero-order valence-electron chi connectivity index (χ0n) is 10.4. The summed E-state index contributed by atoms with van der Waals surface area (Å²) in [4.78, 5) is 13.9. The van der Waals surface area contributed by atoms with Crippen molar-refractivity contribution in [2.24, 2.45) is 0 Å². The van der Waals surface area contributed by atoms with Crippen LogP contribution in [0.5, 0.6) is 0 Å². The van der Waals surface area contributed by atoms with Crippen LogP contribution in [0.15, 0.2) is 34.5 Å². The van der Waals surface area contributed by atoms with Crippen LogP contribution in [0.2, 0.25) is 0 Å². The van der Waals surface area contributed by atoms with Crippen LogP contribution in [0, 0.1) is 17.0 Å². The first-order valence-electron chi connectivity index (χ1n) is 5.54. The van der Waals surface area contributed by atoms with Crippen molar-refractivity contribution in [2.45, 2.75) is 18.4 Å². The Labute approximate surface area is 119 Å². The number of aromatic nitrogens is 1. The van der Waals surface area contributed by atoms with E-state index in [1.54, 1.807) is 5.38 Å². The van der Waals surface area contributed by atoms with Crippen LogP contribution in [-0.4, -0.2) is 18.3 Å². The number of nitrogens with one attached hydrogen (secondary N) is 1. The first-order valence-corrected chi connectivity index (χ1v) is 7.90. The molecule has 0 amide bonds. The number of sulfonamides is 1. The highest BCUT2D eigenvalue weighted by atomic mass is 32.2. The van der Waals surface area contributed by atoms with Crippen molar-refractivity contribution >= 4 is 27.0 Å². The smallest absolute Gasteiger partial charge is 0.258 e. The fourth-order valence-electron chi connectivity index (χ4n) is 1.57. The standard InChI is InChI=1S/C11H11N3O4S2/c1-8-13-9(7-19-8)6-12-20(17,18)11-5-3-2-4-10(11)14(15)16/h2-5,7,12H,6H2,1H3. The van der Waals surface area contributed by atoms with E-state index in [2.05, 4.69) is 9.71 Å². The number of nitro groups is 1. The molecule has 0 atom stereocenters. The maximum Gasteiger partial charge on any atom is 0.289 e. The van der Waals surface area contributed by atoms with Crippen LogP contribution in [0.1, 0.15) is 10.7 Å². The van der Waals surface area contributed by atoms with E-state index in [4.69, 9.17) is 0 Å². The summed E-state index contributed by atoms with van der Waals surface area (Å²) in [5.74, 6) is 0. The number of hydrogen-bond acceptors (Lipinski definition) is 6. The molecule has 0 unspecified atom stereocenters. The van der Waals surface area contributed by atoms with E-state index < -0.39 is 20.6 Å². The van der Waals surface area contributed by atoms with E-state index in [-0.39, 0.29) is 11.4 Å². The van der Waals surface area contributed by atoms with E-state index in [0.29, 0.717) is 5.69 Å². The average molecular weight is 313 g/mol. The third kappa shape index (κ3) is 3.18. The highest BCUT2D eigenvalue weighted by Gasteiger charge is 2.24. The summed E-state index contributed by atoms with van der Waals surface area (Å²) in [5, 5.41) is 13.4. The van der Waals surface area contributed by atoms with E-state index in [1.165, 1.54) is 29.5 Å². The summed E-state index contributed by atoms with van der Waals surface area (Å²) in [6.45, 7) is 1.81. The topological polar surface area (TPSA) is 102 Å². The second kappa shape index (κ2) is 5.65. The number of benzene rings is 1. The summed E-state index contributed by atoms with van der Waals surface area (Å²) in [7, 11) is -3.95. The monoisotopic (exact) mass is 313 g/mol. The van der Waals surface area contributed by atoms with E-state index in [9.17, 15) is 18.5 Å². The molecule has 0 aliphatic carbocycles. The van der Waals surface area contributed by atoms with Gasteiger partial charge in [0, 0.05) is 11.4 Å². The molecule has 7 nitrogen and oxygen atoms in total. The van der Waals surface area contributed by atoms with Crippen molar-refractivity contribution in [1.82, 2.24) is 9.71 Å². The van der Waals surface area contributed by atoms with Gasteiger partial charge < -0.3 is 0 Å². The Morgan fingerprint density at radius 1 is 1.40 bits per heavy atom. The number of nitrogens with zero attached hydrogens (tertiary/aromatic N) is 2. The van der Waals surface area contributed by atoms with Crippen LogP contribution in [-0.2, 0) is 16.6 Å². The lowest BCUT2D eigenvalue weighted by molar-refractivity contribution is -0.387. The Bertz CT molecular complexity index is 740. The van der Waals surface area contributed by atoms with Crippen molar-refractivity contribution in [1.29, 1.82) is 0 Å². The lowest BCUT2D eigenvalue weighted by Gasteiger charge is -2.05. The largest absolute Gasteiger partial charge is 0.289 e. The quantitative estimate of drug-likeness (QED) is 0.670. The molecule has 0 saturated heterocycles. The molecular formula is C11H11N3O4S2. The molecule has 1 aromatic carbocycles. The van der Waals surface area contributed by atoms with Crippen LogP contribution in [0.3, 0.4) is 0 Å². The Balaban J connectivity index is 2.25. The number of aryl methyl sites for hydroxylation is 1. The maximum absolute atomic E-state index is 12.1. The molecule has 0 bridgehead atoms. The normalized spacial score (nSPS) is 11.4. The molecule has 0 radical (unpaired) electrons. The second-order valence-corrected chi connectivity index (χ2v) is 6.70. The average Bonchev–Trinajstić information content (AvgIpc) is 2.82. The van der Waals surface area contributed by atoms with Gasteiger partial charge in [-0.05, 0) is 13.0 Å². The van der Waals surface area contributed by atoms with Crippen molar-refractivity contribution < 1.29 is 13.3 Å². The maximum atomic E-state index is 12.1. The van der Waals surface area contributed by atoms with Crippen LogP contribution in [0.25, 0.3) is 0 Å². The zero-order valence-corrected chi connectivity index (χ0v) is 12.1. The number of thiazole rings is 1. The molecule has 1 aromatic heterocycles. The van der Waals surface area contributed by atoms with E-state index in [0.717, 1.165) is 11.1 Å². The predicted molar refractivity (Wildman–Crippen MR) is 74.0 cm³/mol. The third-order valence-corrected chi connectivity index (χ3v) is 4.73. The summed E-state index contributed by atoms with van der Waals surface area (Å²) >= 11 is 1.40. The Morgan fingerprint density at radius 2 is 2.10 bits per heavy atom. The minimum absolute atomic E-state index is 0.00127. The van der Waals surface area contributed by atoms with Gasteiger partial charge in [-0.1, -0.05) is 12.1 Å². The lowest BCUT2D eigenvalue weighted by Crippen LogP contribution is -2.24. The third-order valence-electron chi connectivity index (χ3n) is 2.46. The van der Waals surface area contributed by atoms with Gasteiger partial charge in [0.1, 0.15) is 0 Å². The fourth-order valence-corrected chi connectivity index (χ4v) is 3.35. The Hall–Kier alpha value is -1.84. The predicted octanol–water partition coefficient (Wildman–Crippen LogP) is 1.84. The molecule has 0 saturated carbocycles. The molecule has 1 N–H and O–H groups in total. The SMILES string of the molecule is Cc1nc(CNS(=O)(=O)c2ccccc2[N+](=O)[O-])cs1. The van der Waals surface area contributed by atoms with Crippen molar-refractivity contribution in [3.63, 3.8) is 0 Å². The van der Waals surface area contributed by atoms with Crippen LogP contribution in [0.4, 0.5) is 5.69 Å². The van der Waals surface area contributed by atoms with Crippen LogP contribution < -0.4 is 4.72 Å². The fraction of sp³-hybridized carbons (Fsp3) is 0.182. The van der Waals surface area contributed by atoms with Crippen molar-refractivity contribution in [3.05, 3.63) is 50.5 Å². The Morgan fingerprint density at radius 3 is 2.70 bits per heavy atom. The number of nitro benzene ring substituents is 1. The summed E-state index contributed by atoms with van der Waals surface area (Å²) in [6, 6.07) is 5.21. The molecule has 1 heterocycles. The van der Waals surface area contributed by atoms with Gasteiger partial charge in [0.15, 0.2) is 4.90 Å². The summed E-state index contributed by atoms with van der Waals surface area (Å²) in [6.07, 6.45) is 0. The zero-order chi connectivity index (χ0) is 14.8. The van der Waals surface area contributed by atoms with Gasteiger partial charge in [-0.2, -0.15) is 0 Å². The molecule has 2 rings (SSSR count). The first-order chi connectivity index (χ1) is 9.40. The van der Waals surface area contributed by atoms with Gasteiger partial charge in [-0.3, -0.25) is 10.1 Å². The molecule has 0 aliphatic rings. The van der Waals surface area contributed by atoms with Gasteiger partial charge >= 0.3 is 0 Å². The van der Waals surface area contributed by atoms with Crippen LogP contribution >= 0.6 is 11.3 Å². The number of hydrogen-bond donors (Lipinski definition) is 1. The number of para-hydroxylation sites is 1. The molecule has 20 heavy (non-hydrogen) atoms. The van der Waals surface area contributed by atoms with Gasteiger partial charge in [0.2, 0.25) is 10.0 Å². The minimum Gasteiger partial charge on any atom is -0.258 e.